The third kappa shape index (κ3) is 1.26. The number of aromatic amines is 1. The van der Waals surface area contributed by atoms with Gasteiger partial charge >= 0.3 is 0 Å². The Kier molecular flexibility index (Phi) is 1.93. The lowest BCUT2D eigenvalue weighted by Gasteiger charge is -2.35. The molecule has 3 rings (SSSR count). The predicted octanol–water partition coefficient (Wildman–Crippen LogP) is 1.81. The van der Waals surface area contributed by atoms with E-state index >= 15 is 0 Å². The Morgan fingerprint density at radius 1 is 1.60 bits per heavy atom. The molecule has 1 aromatic rings. The molecule has 0 bridgehead atoms. The van der Waals surface area contributed by atoms with Crippen molar-refractivity contribution in [2.24, 2.45) is 17.1 Å². The number of aryl methyl sites for hydroxylation is 1. The Morgan fingerprint density at radius 3 is 3.07 bits per heavy atom. The average molecular weight is 205 g/mol. The van der Waals surface area contributed by atoms with Gasteiger partial charge in [0.05, 0.1) is 6.20 Å². The molecule has 1 fully saturated rings. The van der Waals surface area contributed by atoms with Crippen LogP contribution in [0.3, 0.4) is 0 Å². The Bertz CT molecular complexity index is 365. The summed E-state index contributed by atoms with van der Waals surface area (Å²) in [5.41, 5.74) is 9.25. The van der Waals surface area contributed by atoms with Gasteiger partial charge in [-0.15, -0.1) is 0 Å². The second-order valence-electron chi connectivity index (χ2n) is 5.36. The van der Waals surface area contributed by atoms with E-state index in [1.54, 1.807) is 0 Å². The van der Waals surface area contributed by atoms with Crippen molar-refractivity contribution in [2.45, 2.75) is 38.5 Å². The molecular formula is C12H19N3. The minimum absolute atomic E-state index is 0.587. The van der Waals surface area contributed by atoms with Gasteiger partial charge < -0.3 is 5.73 Å². The lowest BCUT2D eigenvalue weighted by molar-refractivity contribution is 0.272. The third-order valence-electron chi connectivity index (χ3n) is 4.45. The van der Waals surface area contributed by atoms with Gasteiger partial charge in [0.1, 0.15) is 0 Å². The van der Waals surface area contributed by atoms with Crippen LogP contribution in [0.25, 0.3) is 0 Å². The van der Waals surface area contributed by atoms with Crippen molar-refractivity contribution in [2.75, 3.05) is 6.54 Å². The van der Waals surface area contributed by atoms with E-state index < -0.39 is 0 Å². The van der Waals surface area contributed by atoms with Gasteiger partial charge in [0.25, 0.3) is 0 Å². The van der Waals surface area contributed by atoms with Gasteiger partial charge in [-0.05, 0) is 55.0 Å². The van der Waals surface area contributed by atoms with Crippen LogP contribution in [0.15, 0.2) is 6.20 Å². The van der Waals surface area contributed by atoms with Crippen LogP contribution in [-0.2, 0) is 6.42 Å². The largest absolute Gasteiger partial charge is 0.330 e. The first-order valence-electron chi connectivity index (χ1n) is 5.99. The van der Waals surface area contributed by atoms with E-state index in [9.17, 15) is 0 Å². The summed E-state index contributed by atoms with van der Waals surface area (Å²) in [5, 5.41) is 7.34. The van der Waals surface area contributed by atoms with Crippen molar-refractivity contribution < 1.29 is 0 Å². The maximum atomic E-state index is 5.85. The summed E-state index contributed by atoms with van der Waals surface area (Å²) < 4.78 is 0. The highest BCUT2D eigenvalue weighted by molar-refractivity contribution is 5.31. The Morgan fingerprint density at radius 2 is 2.40 bits per heavy atom. The maximum Gasteiger partial charge on any atom is 0.0525 e. The number of nitrogens with zero attached hydrogens (tertiary/aromatic N) is 1. The smallest absolute Gasteiger partial charge is 0.0525 e. The standard InChI is InChI=1S/C12H19N3/c1-8(6-13)11-9-7-14-15-10(9)2-3-12(11)4-5-12/h7-8,11H,2-6,13H2,1H3,(H,14,15). The summed E-state index contributed by atoms with van der Waals surface area (Å²) in [5.74, 6) is 1.24. The number of hydrogen-bond acceptors (Lipinski definition) is 2. The lowest BCUT2D eigenvalue weighted by atomic mass is 9.69. The zero-order chi connectivity index (χ0) is 10.5. The van der Waals surface area contributed by atoms with E-state index in [0.29, 0.717) is 17.3 Å². The number of fused-ring (bicyclic) bond motifs is 1. The average Bonchev–Trinajstić information content (AvgIpc) is 2.85. The molecule has 15 heavy (non-hydrogen) atoms. The van der Waals surface area contributed by atoms with Gasteiger partial charge in [-0.3, -0.25) is 5.10 Å². The van der Waals surface area contributed by atoms with Crippen LogP contribution in [-0.4, -0.2) is 16.7 Å². The maximum absolute atomic E-state index is 5.85. The molecule has 3 N–H and O–H groups in total. The lowest BCUT2D eigenvalue weighted by Crippen LogP contribution is -2.30. The Hall–Kier alpha value is -0.830. The van der Waals surface area contributed by atoms with Crippen LogP contribution in [0.4, 0.5) is 0 Å². The van der Waals surface area contributed by atoms with Crippen molar-refractivity contribution in [1.29, 1.82) is 0 Å². The van der Waals surface area contributed by atoms with Crippen LogP contribution in [0.5, 0.6) is 0 Å². The molecule has 1 spiro atoms. The molecule has 2 aliphatic rings. The highest BCUT2D eigenvalue weighted by Gasteiger charge is 2.53. The molecule has 1 aromatic heterocycles. The molecule has 3 nitrogen and oxygen atoms in total. The molecule has 2 atom stereocenters. The van der Waals surface area contributed by atoms with E-state index in [-0.39, 0.29) is 0 Å². The second kappa shape index (κ2) is 3.08. The quantitative estimate of drug-likeness (QED) is 0.773. The molecular weight excluding hydrogens is 186 g/mol. The topological polar surface area (TPSA) is 54.7 Å². The molecule has 0 amide bonds. The van der Waals surface area contributed by atoms with Crippen molar-refractivity contribution >= 4 is 0 Å². The van der Waals surface area contributed by atoms with Crippen LogP contribution in [0.2, 0.25) is 0 Å². The Balaban J connectivity index is 2.01. The van der Waals surface area contributed by atoms with Crippen molar-refractivity contribution in [3.8, 4) is 0 Å². The SMILES string of the molecule is CC(CN)C1c2cn[nH]c2CCC12CC2. The molecule has 1 saturated carbocycles. The van der Waals surface area contributed by atoms with E-state index in [4.69, 9.17) is 5.73 Å². The molecule has 0 saturated heterocycles. The second-order valence-corrected chi connectivity index (χ2v) is 5.36. The first kappa shape index (κ1) is 9.40. The zero-order valence-corrected chi connectivity index (χ0v) is 9.29. The van der Waals surface area contributed by atoms with Gasteiger partial charge in [-0.25, -0.2) is 0 Å². The fourth-order valence-corrected chi connectivity index (χ4v) is 3.42. The Labute approximate surface area is 90.4 Å². The molecule has 0 radical (unpaired) electrons. The first-order chi connectivity index (χ1) is 7.27. The fourth-order valence-electron chi connectivity index (χ4n) is 3.42. The predicted molar refractivity (Wildman–Crippen MR) is 59.5 cm³/mol. The molecule has 82 valence electrons. The zero-order valence-electron chi connectivity index (χ0n) is 9.29. The molecule has 1 heterocycles. The van der Waals surface area contributed by atoms with Crippen molar-refractivity contribution in [1.82, 2.24) is 10.2 Å². The molecule has 0 aliphatic heterocycles. The van der Waals surface area contributed by atoms with Crippen molar-refractivity contribution in [3.05, 3.63) is 17.5 Å². The highest BCUT2D eigenvalue weighted by atomic mass is 15.1. The summed E-state index contributed by atoms with van der Waals surface area (Å²) in [6.45, 7) is 3.07. The van der Waals surface area contributed by atoms with Crippen LogP contribution in [0, 0.1) is 11.3 Å². The van der Waals surface area contributed by atoms with Gasteiger partial charge in [-0.1, -0.05) is 6.92 Å². The minimum atomic E-state index is 0.587. The number of nitrogens with two attached hydrogens (primary N) is 1. The number of H-pyrrole nitrogens is 1. The first-order valence-corrected chi connectivity index (χ1v) is 5.99. The molecule has 2 aliphatic carbocycles. The molecule has 3 heteroatoms. The summed E-state index contributed by atoms with van der Waals surface area (Å²) in [6, 6.07) is 0. The van der Waals surface area contributed by atoms with E-state index in [1.807, 2.05) is 6.20 Å². The minimum Gasteiger partial charge on any atom is -0.330 e. The van der Waals surface area contributed by atoms with Crippen LogP contribution >= 0.6 is 0 Å². The number of hydrogen-bond donors (Lipinski definition) is 2. The highest BCUT2D eigenvalue weighted by Crippen LogP contribution is 2.63. The van der Waals surface area contributed by atoms with Gasteiger partial charge in [0, 0.05) is 5.69 Å². The van der Waals surface area contributed by atoms with E-state index in [1.165, 1.54) is 36.9 Å². The normalized spacial score (nSPS) is 28.8. The van der Waals surface area contributed by atoms with Crippen molar-refractivity contribution in [3.63, 3.8) is 0 Å². The van der Waals surface area contributed by atoms with Crippen LogP contribution < -0.4 is 5.73 Å². The van der Waals surface area contributed by atoms with Crippen LogP contribution in [0.1, 0.15) is 43.4 Å². The van der Waals surface area contributed by atoms with E-state index in [2.05, 4.69) is 17.1 Å². The summed E-state index contributed by atoms with van der Waals surface area (Å²) in [7, 11) is 0. The monoisotopic (exact) mass is 205 g/mol. The van der Waals surface area contributed by atoms with E-state index in [0.717, 1.165) is 6.54 Å². The summed E-state index contributed by atoms with van der Waals surface area (Å²) >= 11 is 0. The number of nitrogens with one attached hydrogen (secondary N) is 1. The summed E-state index contributed by atoms with van der Waals surface area (Å²) in [6.07, 6.45) is 7.34. The third-order valence-corrected chi connectivity index (χ3v) is 4.45. The van der Waals surface area contributed by atoms with Gasteiger partial charge in [0.2, 0.25) is 0 Å². The molecule has 2 unspecified atom stereocenters. The molecule has 0 aromatic carbocycles. The van der Waals surface area contributed by atoms with Gasteiger partial charge in [-0.2, -0.15) is 5.10 Å². The summed E-state index contributed by atoms with van der Waals surface area (Å²) in [4.78, 5) is 0. The number of aromatic nitrogens is 2. The number of rotatable bonds is 2. The fraction of sp³-hybridized carbons (Fsp3) is 0.750. The van der Waals surface area contributed by atoms with Gasteiger partial charge in [0.15, 0.2) is 0 Å².